The first-order chi connectivity index (χ1) is 11.9. The Morgan fingerprint density at radius 3 is 2.40 bits per heavy atom. The van der Waals surface area contributed by atoms with Crippen LogP contribution >= 0.6 is 0 Å². The Hall–Kier alpha value is -3.27. The van der Waals surface area contributed by atoms with Crippen LogP contribution in [0.15, 0.2) is 42.5 Å². The molecule has 25 heavy (non-hydrogen) atoms. The van der Waals surface area contributed by atoms with Crippen molar-refractivity contribution in [3.05, 3.63) is 70.8 Å². The van der Waals surface area contributed by atoms with Crippen LogP contribution in [0.25, 0.3) is 0 Å². The average Bonchev–Trinajstić information content (AvgIpc) is 2.61. The summed E-state index contributed by atoms with van der Waals surface area (Å²) in [6, 6.07) is 11.3. The number of benzene rings is 2. The molecule has 0 radical (unpaired) electrons. The van der Waals surface area contributed by atoms with Gasteiger partial charge in [0.25, 0.3) is 5.91 Å². The second-order valence-corrected chi connectivity index (χ2v) is 5.27. The van der Waals surface area contributed by atoms with Gasteiger partial charge in [-0.1, -0.05) is 12.1 Å². The zero-order chi connectivity index (χ0) is 18.4. The third kappa shape index (κ3) is 4.61. The number of hydrogen-bond donors (Lipinski definition) is 1. The number of rotatable bonds is 6. The summed E-state index contributed by atoms with van der Waals surface area (Å²) in [4.78, 5) is 24.5. The van der Waals surface area contributed by atoms with Crippen molar-refractivity contribution >= 4 is 11.9 Å². The van der Waals surface area contributed by atoms with Gasteiger partial charge in [-0.3, -0.25) is 9.59 Å². The molecule has 1 N–H and O–H groups in total. The van der Waals surface area contributed by atoms with Gasteiger partial charge in [-0.15, -0.1) is 0 Å². The lowest BCUT2D eigenvalue weighted by molar-refractivity contribution is -0.137. The van der Waals surface area contributed by atoms with E-state index >= 15 is 0 Å². The third-order valence-electron chi connectivity index (χ3n) is 3.54. The van der Waals surface area contributed by atoms with Gasteiger partial charge in [-0.25, -0.2) is 8.78 Å². The number of carbonyl (C=O) groups is 2. The van der Waals surface area contributed by atoms with E-state index in [1.54, 1.807) is 0 Å². The number of hydrogen-bond acceptors (Lipinski definition) is 3. The minimum atomic E-state index is -1.11. The van der Waals surface area contributed by atoms with E-state index in [1.165, 1.54) is 36.4 Å². The topological polar surface area (TPSA) is 81.4 Å². The Morgan fingerprint density at radius 1 is 1.12 bits per heavy atom. The van der Waals surface area contributed by atoms with E-state index < -0.39 is 23.5 Å². The lowest BCUT2D eigenvalue weighted by atomic mass is 10.1. The fraction of sp³-hybridized carbons (Fsp3) is 0.167. The molecule has 7 heteroatoms. The van der Waals surface area contributed by atoms with Gasteiger partial charge in [-0.2, -0.15) is 5.26 Å². The molecule has 2 aromatic rings. The van der Waals surface area contributed by atoms with Gasteiger partial charge < -0.3 is 10.0 Å². The highest BCUT2D eigenvalue weighted by molar-refractivity contribution is 5.94. The maximum absolute atomic E-state index is 13.9. The van der Waals surface area contributed by atoms with Gasteiger partial charge >= 0.3 is 5.97 Å². The van der Waals surface area contributed by atoms with Crippen LogP contribution in [0.3, 0.4) is 0 Å². The van der Waals surface area contributed by atoms with Gasteiger partial charge in [0, 0.05) is 24.2 Å². The summed E-state index contributed by atoms with van der Waals surface area (Å²) in [7, 11) is 0. The van der Waals surface area contributed by atoms with E-state index in [1.807, 2.05) is 6.07 Å². The average molecular weight is 344 g/mol. The summed E-state index contributed by atoms with van der Waals surface area (Å²) in [6.07, 6.45) is -0.334. The first-order valence-electron chi connectivity index (χ1n) is 7.36. The molecule has 0 unspecified atom stereocenters. The summed E-state index contributed by atoms with van der Waals surface area (Å²) in [5.41, 5.74) is 0.540. The van der Waals surface area contributed by atoms with E-state index in [4.69, 9.17) is 10.4 Å². The molecule has 1 amide bonds. The number of carboxylic acid groups (broad SMARTS) is 1. The van der Waals surface area contributed by atoms with E-state index in [-0.39, 0.29) is 30.6 Å². The lowest BCUT2D eigenvalue weighted by Gasteiger charge is -2.22. The summed E-state index contributed by atoms with van der Waals surface area (Å²) in [5, 5.41) is 17.6. The molecular formula is C18H14F2N2O3. The van der Waals surface area contributed by atoms with Crippen LogP contribution in [0, 0.1) is 23.0 Å². The maximum atomic E-state index is 13.9. The highest BCUT2D eigenvalue weighted by atomic mass is 19.2. The van der Waals surface area contributed by atoms with Crippen LogP contribution in [0.2, 0.25) is 0 Å². The van der Waals surface area contributed by atoms with E-state index in [9.17, 15) is 18.4 Å². The predicted octanol–water partition coefficient (Wildman–Crippen LogP) is 2.95. The van der Waals surface area contributed by atoms with E-state index in [0.717, 1.165) is 11.0 Å². The molecule has 5 nitrogen and oxygen atoms in total. The van der Waals surface area contributed by atoms with Gasteiger partial charge in [0.15, 0.2) is 11.6 Å². The molecular weight excluding hydrogens is 330 g/mol. The number of nitriles is 1. The molecule has 0 heterocycles. The third-order valence-corrected chi connectivity index (χ3v) is 3.54. The molecule has 0 aliphatic carbocycles. The first-order valence-corrected chi connectivity index (χ1v) is 7.36. The second-order valence-electron chi connectivity index (χ2n) is 5.27. The number of carbonyl (C=O) groups excluding carboxylic acids is 1. The quantitative estimate of drug-likeness (QED) is 0.873. The van der Waals surface area contributed by atoms with Crippen LogP contribution in [-0.4, -0.2) is 28.4 Å². The largest absolute Gasteiger partial charge is 0.481 e. The normalized spacial score (nSPS) is 10.1. The van der Waals surface area contributed by atoms with Gasteiger partial charge in [0.1, 0.15) is 0 Å². The van der Waals surface area contributed by atoms with E-state index in [2.05, 4.69) is 0 Å². The zero-order valence-electron chi connectivity index (χ0n) is 13.1. The Balaban J connectivity index is 2.27. The molecule has 0 atom stereocenters. The van der Waals surface area contributed by atoms with E-state index in [0.29, 0.717) is 5.56 Å². The summed E-state index contributed by atoms with van der Waals surface area (Å²) < 4.78 is 27.2. The molecule has 0 aliphatic rings. The zero-order valence-corrected chi connectivity index (χ0v) is 13.1. The highest BCUT2D eigenvalue weighted by Gasteiger charge is 2.19. The summed E-state index contributed by atoms with van der Waals surface area (Å²) >= 11 is 0. The van der Waals surface area contributed by atoms with Crippen molar-refractivity contribution < 1.29 is 23.5 Å². The number of nitrogens with zero attached hydrogens (tertiary/aromatic N) is 2. The number of carboxylic acids is 1. The standard InChI is InChI=1S/C18H14F2N2O3/c19-15-3-1-2-14(17(15)20)11-22(9-8-16(23)24)18(25)13-6-4-12(10-21)5-7-13/h1-7H,8-9,11H2,(H,23,24). The van der Waals surface area contributed by atoms with Crippen molar-refractivity contribution in [1.29, 1.82) is 5.26 Å². The molecule has 0 bridgehead atoms. The van der Waals surface area contributed by atoms with Gasteiger partial charge in [0.05, 0.1) is 18.1 Å². The molecule has 0 saturated heterocycles. The molecule has 0 aromatic heterocycles. The molecule has 2 aromatic carbocycles. The highest BCUT2D eigenvalue weighted by Crippen LogP contribution is 2.16. The minimum Gasteiger partial charge on any atom is -0.481 e. The van der Waals surface area contributed by atoms with Crippen molar-refractivity contribution in [1.82, 2.24) is 4.90 Å². The maximum Gasteiger partial charge on any atom is 0.305 e. The van der Waals surface area contributed by atoms with Crippen molar-refractivity contribution in [2.24, 2.45) is 0 Å². The molecule has 0 saturated carbocycles. The van der Waals surface area contributed by atoms with Gasteiger partial charge in [-0.05, 0) is 30.3 Å². The fourth-order valence-corrected chi connectivity index (χ4v) is 2.23. The van der Waals surface area contributed by atoms with Crippen LogP contribution in [-0.2, 0) is 11.3 Å². The predicted molar refractivity (Wildman–Crippen MR) is 84.5 cm³/mol. The Kier molecular flexibility index (Phi) is 5.79. The van der Waals surface area contributed by atoms with Crippen LogP contribution < -0.4 is 0 Å². The molecule has 128 valence electrons. The van der Waals surface area contributed by atoms with Crippen LogP contribution in [0.5, 0.6) is 0 Å². The Labute approximate surface area is 142 Å². The second kappa shape index (κ2) is 8.02. The molecule has 0 aliphatic heterocycles. The summed E-state index contributed by atoms with van der Waals surface area (Å²) in [6.45, 7) is -0.431. The molecule has 0 fully saturated rings. The van der Waals surface area contributed by atoms with Crippen LogP contribution in [0.4, 0.5) is 8.78 Å². The number of amides is 1. The SMILES string of the molecule is N#Cc1ccc(C(=O)N(CCC(=O)O)Cc2cccc(F)c2F)cc1. The van der Waals surface area contributed by atoms with Crippen molar-refractivity contribution in [2.75, 3.05) is 6.54 Å². The monoisotopic (exact) mass is 344 g/mol. The molecule has 2 rings (SSSR count). The van der Waals surface area contributed by atoms with Crippen molar-refractivity contribution in [3.8, 4) is 6.07 Å². The summed E-state index contributed by atoms with van der Waals surface area (Å²) in [5.74, 6) is -3.76. The van der Waals surface area contributed by atoms with Crippen molar-refractivity contribution in [2.45, 2.75) is 13.0 Å². The number of aliphatic carboxylic acids is 1. The van der Waals surface area contributed by atoms with Crippen LogP contribution in [0.1, 0.15) is 27.9 Å². The first kappa shape index (κ1) is 18.1. The smallest absolute Gasteiger partial charge is 0.305 e. The van der Waals surface area contributed by atoms with Gasteiger partial charge in [0.2, 0.25) is 0 Å². The minimum absolute atomic E-state index is 0.0487. The fourth-order valence-electron chi connectivity index (χ4n) is 2.23. The lowest BCUT2D eigenvalue weighted by Crippen LogP contribution is -2.33. The molecule has 0 spiro atoms. The Bertz CT molecular complexity index is 829. The number of halogens is 2. The Morgan fingerprint density at radius 2 is 1.80 bits per heavy atom. The van der Waals surface area contributed by atoms with Crippen molar-refractivity contribution in [3.63, 3.8) is 0 Å².